The van der Waals surface area contributed by atoms with Crippen LogP contribution in [-0.4, -0.2) is 34.5 Å². The largest absolute Gasteiger partial charge is 0.480 e. The summed E-state index contributed by atoms with van der Waals surface area (Å²) in [7, 11) is 0. The third-order valence-electron chi connectivity index (χ3n) is 4.59. The molecule has 2 aliphatic rings. The van der Waals surface area contributed by atoms with Crippen LogP contribution in [0.4, 0.5) is 13.2 Å². The molecule has 7 heteroatoms. The van der Waals surface area contributed by atoms with E-state index in [4.69, 9.17) is 5.11 Å². The molecule has 1 aromatic rings. The lowest BCUT2D eigenvalue weighted by Gasteiger charge is -2.21. The summed E-state index contributed by atoms with van der Waals surface area (Å²) in [6.45, 7) is 0.437. The lowest BCUT2D eigenvalue weighted by molar-refractivity contribution is -0.148. The van der Waals surface area contributed by atoms with E-state index in [1.54, 1.807) is 0 Å². The Labute approximate surface area is 130 Å². The van der Waals surface area contributed by atoms with E-state index in [0.29, 0.717) is 31.4 Å². The Bertz CT molecular complexity index is 626. The number of rotatable bonds is 3. The Kier molecular flexibility index (Phi) is 3.82. The molecule has 4 nitrogen and oxygen atoms in total. The molecular formula is C16H16F3NO3. The molecule has 0 radical (unpaired) electrons. The van der Waals surface area contributed by atoms with E-state index in [0.717, 1.165) is 12.1 Å². The zero-order valence-corrected chi connectivity index (χ0v) is 12.2. The average Bonchev–Trinajstić information content (AvgIpc) is 3.13. The van der Waals surface area contributed by atoms with Gasteiger partial charge in [-0.3, -0.25) is 4.79 Å². The molecule has 3 unspecified atom stereocenters. The quantitative estimate of drug-likeness (QED) is 0.929. The normalized spacial score (nSPS) is 27.1. The van der Waals surface area contributed by atoms with Gasteiger partial charge in [-0.1, -0.05) is 12.1 Å². The van der Waals surface area contributed by atoms with Gasteiger partial charge in [0.2, 0.25) is 5.91 Å². The van der Waals surface area contributed by atoms with Crippen LogP contribution in [0.15, 0.2) is 24.3 Å². The summed E-state index contributed by atoms with van der Waals surface area (Å²) in [5.41, 5.74) is -0.0160. The third-order valence-corrected chi connectivity index (χ3v) is 4.59. The van der Waals surface area contributed by atoms with Crippen LogP contribution in [0, 0.1) is 5.92 Å². The zero-order chi connectivity index (χ0) is 16.8. The fraction of sp³-hybridized carbons (Fsp3) is 0.500. The average molecular weight is 327 g/mol. The van der Waals surface area contributed by atoms with Crippen molar-refractivity contribution in [3.05, 3.63) is 35.4 Å². The molecule has 0 bridgehead atoms. The first kappa shape index (κ1) is 15.8. The van der Waals surface area contributed by atoms with Crippen molar-refractivity contribution >= 4 is 11.9 Å². The molecule has 0 aromatic heterocycles. The van der Waals surface area contributed by atoms with Crippen LogP contribution in [0.2, 0.25) is 0 Å². The minimum atomic E-state index is -4.37. The molecule has 23 heavy (non-hydrogen) atoms. The van der Waals surface area contributed by atoms with Crippen molar-refractivity contribution in [1.29, 1.82) is 0 Å². The molecule has 1 saturated heterocycles. The van der Waals surface area contributed by atoms with Crippen molar-refractivity contribution in [3.63, 3.8) is 0 Å². The van der Waals surface area contributed by atoms with E-state index in [1.807, 2.05) is 0 Å². The second kappa shape index (κ2) is 5.54. The Hall–Kier alpha value is -2.05. The second-order valence-corrected chi connectivity index (χ2v) is 6.10. The first-order valence-corrected chi connectivity index (χ1v) is 7.49. The van der Waals surface area contributed by atoms with Gasteiger partial charge in [-0.15, -0.1) is 0 Å². The van der Waals surface area contributed by atoms with Gasteiger partial charge < -0.3 is 10.0 Å². The van der Waals surface area contributed by atoms with Crippen LogP contribution < -0.4 is 0 Å². The van der Waals surface area contributed by atoms with E-state index in [9.17, 15) is 22.8 Å². The summed E-state index contributed by atoms with van der Waals surface area (Å²) < 4.78 is 37.6. The van der Waals surface area contributed by atoms with Crippen molar-refractivity contribution in [2.45, 2.75) is 37.4 Å². The molecule has 1 N–H and O–H groups in total. The van der Waals surface area contributed by atoms with Crippen molar-refractivity contribution in [1.82, 2.24) is 4.90 Å². The number of benzene rings is 1. The number of aliphatic carboxylic acids is 1. The number of halogens is 3. The maximum atomic E-state index is 12.5. The number of hydrogen-bond acceptors (Lipinski definition) is 2. The van der Waals surface area contributed by atoms with Gasteiger partial charge in [-0.25, -0.2) is 4.79 Å². The summed E-state index contributed by atoms with van der Waals surface area (Å²) in [6.07, 6.45) is -2.69. The van der Waals surface area contributed by atoms with Gasteiger partial charge >= 0.3 is 12.1 Å². The number of carbonyl (C=O) groups is 2. The predicted octanol–water partition coefficient (Wildman–Crippen LogP) is 2.88. The predicted molar refractivity (Wildman–Crippen MR) is 74.7 cm³/mol. The maximum Gasteiger partial charge on any atom is 0.416 e. The molecule has 3 atom stereocenters. The summed E-state index contributed by atoms with van der Waals surface area (Å²) in [6, 6.07) is 4.08. The van der Waals surface area contributed by atoms with Crippen LogP contribution in [0.3, 0.4) is 0 Å². The number of carboxylic acids is 1. The van der Waals surface area contributed by atoms with Crippen molar-refractivity contribution < 1.29 is 27.9 Å². The number of carbonyl (C=O) groups excluding carboxylic acids is 1. The lowest BCUT2D eigenvalue weighted by Crippen LogP contribution is -2.41. The van der Waals surface area contributed by atoms with Gasteiger partial charge in [0.25, 0.3) is 0 Å². The highest BCUT2D eigenvalue weighted by molar-refractivity contribution is 5.88. The number of likely N-dealkylation sites (tertiary alicyclic amines) is 1. The zero-order valence-electron chi connectivity index (χ0n) is 12.2. The summed E-state index contributed by atoms with van der Waals surface area (Å²) in [4.78, 5) is 25.0. The van der Waals surface area contributed by atoms with Crippen LogP contribution >= 0.6 is 0 Å². The highest BCUT2D eigenvalue weighted by Crippen LogP contribution is 2.49. The van der Waals surface area contributed by atoms with Crippen molar-refractivity contribution in [3.8, 4) is 0 Å². The SMILES string of the molecule is O=C(O)C1CCCN1C(=O)C1CC1c1ccc(C(F)(F)F)cc1. The molecule has 1 heterocycles. The van der Waals surface area contributed by atoms with Crippen LogP contribution in [0.25, 0.3) is 0 Å². The minimum Gasteiger partial charge on any atom is -0.480 e. The Morgan fingerprint density at radius 3 is 2.39 bits per heavy atom. The van der Waals surface area contributed by atoms with Gasteiger partial charge in [0.15, 0.2) is 0 Å². The van der Waals surface area contributed by atoms with Crippen LogP contribution in [0.5, 0.6) is 0 Å². The summed E-state index contributed by atoms with van der Waals surface area (Å²) >= 11 is 0. The van der Waals surface area contributed by atoms with Gasteiger partial charge in [-0.05, 0) is 42.9 Å². The molecule has 2 fully saturated rings. The molecule has 1 amide bonds. The van der Waals surface area contributed by atoms with E-state index in [-0.39, 0.29) is 17.7 Å². The number of amides is 1. The smallest absolute Gasteiger partial charge is 0.416 e. The number of hydrogen-bond donors (Lipinski definition) is 1. The summed E-state index contributed by atoms with van der Waals surface area (Å²) in [5, 5.41) is 9.12. The monoisotopic (exact) mass is 327 g/mol. The first-order chi connectivity index (χ1) is 10.8. The molecule has 3 rings (SSSR count). The van der Waals surface area contributed by atoms with Gasteiger partial charge in [0, 0.05) is 12.5 Å². The van der Waals surface area contributed by atoms with Gasteiger partial charge in [0.05, 0.1) is 5.56 Å². The number of carboxylic acid groups (broad SMARTS) is 1. The molecule has 1 aliphatic carbocycles. The third kappa shape index (κ3) is 3.04. The summed E-state index contributed by atoms with van der Waals surface area (Å²) in [5.74, 6) is -1.62. The fourth-order valence-electron chi connectivity index (χ4n) is 3.26. The highest BCUT2D eigenvalue weighted by Gasteiger charge is 2.48. The molecular weight excluding hydrogens is 311 g/mol. The number of nitrogens with zero attached hydrogens (tertiary/aromatic N) is 1. The van der Waals surface area contributed by atoms with Gasteiger partial charge in [-0.2, -0.15) is 13.2 Å². The van der Waals surface area contributed by atoms with E-state index >= 15 is 0 Å². The highest BCUT2D eigenvalue weighted by atomic mass is 19.4. The van der Waals surface area contributed by atoms with E-state index in [1.165, 1.54) is 17.0 Å². The first-order valence-electron chi connectivity index (χ1n) is 7.49. The van der Waals surface area contributed by atoms with E-state index in [2.05, 4.69) is 0 Å². The minimum absolute atomic E-state index is 0.111. The molecule has 1 saturated carbocycles. The van der Waals surface area contributed by atoms with E-state index < -0.39 is 23.8 Å². The second-order valence-electron chi connectivity index (χ2n) is 6.10. The molecule has 1 aliphatic heterocycles. The number of alkyl halides is 3. The van der Waals surface area contributed by atoms with Crippen LogP contribution in [-0.2, 0) is 15.8 Å². The van der Waals surface area contributed by atoms with Crippen molar-refractivity contribution in [2.24, 2.45) is 5.92 Å². The molecule has 1 aromatic carbocycles. The van der Waals surface area contributed by atoms with Gasteiger partial charge in [0.1, 0.15) is 6.04 Å². The molecule has 124 valence electrons. The molecule has 0 spiro atoms. The fourth-order valence-corrected chi connectivity index (χ4v) is 3.26. The maximum absolute atomic E-state index is 12.5. The Morgan fingerprint density at radius 2 is 1.83 bits per heavy atom. The Morgan fingerprint density at radius 1 is 1.17 bits per heavy atom. The Balaban J connectivity index is 1.67. The van der Waals surface area contributed by atoms with Crippen LogP contribution in [0.1, 0.15) is 36.3 Å². The van der Waals surface area contributed by atoms with Crippen molar-refractivity contribution in [2.75, 3.05) is 6.54 Å². The topological polar surface area (TPSA) is 57.6 Å². The standard InChI is InChI=1S/C16H16F3NO3/c17-16(18,19)10-5-3-9(4-6-10)11-8-12(11)14(21)20-7-1-2-13(20)15(22)23/h3-6,11-13H,1-2,7-8H2,(H,22,23). The lowest BCUT2D eigenvalue weighted by atomic mass is 10.1.